The third-order valence-corrected chi connectivity index (χ3v) is 3.82. The lowest BCUT2D eigenvalue weighted by molar-refractivity contribution is 0.716. The highest BCUT2D eigenvalue weighted by Gasteiger charge is 2.10. The van der Waals surface area contributed by atoms with Crippen LogP contribution in [0.3, 0.4) is 0 Å². The van der Waals surface area contributed by atoms with Gasteiger partial charge < -0.3 is 10.6 Å². The van der Waals surface area contributed by atoms with Crippen molar-refractivity contribution in [2.75, 3.05) is 5.32 Å². The normalized spacial score (nSPS) is 11.8. The number of anilines is 1. The van der Waals surface area contributed by atoms with Crippen LogP contribution in [0.15, 0.2) is 42.5 Å². The first-order valence-corrected chi connectivity index (χ1v) is 7.64. The average Bonchev–Trinajstić information content (AvgIpc) is 2.44. The Morgan fingerprint density at radius 1 is 1.10 bits per heavy atom. The van der Waals surface area contributed by atoms with Gasteiger partial charge in [-0.2, -0.15) is 0 Å². The molecule has 0 aliphatic rings. The second-order valence-electron chi connectivity index (χ2n) is 5.19. The van der Waals surface area contributed by atoms with Crippen molar-refractivity contribution in [3.8, 4) is 0 Å². The summed E-state index contributed by atoms with van der Waals surface area (Å²) in [5, 5.41) is 7.79. The van der Waals surface area contributed by atoms with E-state index in [1.165, 1.54) is 16.7 Å². The summed E-state index contributed by atoms with van der Waals surface area (Å²) >= 11 is 11.2. The van der Waals surface area contributed by atoms with E-state index >= 15 is 0 Å². The Morgan fingerprint density at radius 3 is 2.43 bits per heavy atom. The second-order valence-corrected chi connectivity index (χ2v) is 6.03. The lowest BCUT2D eigenvalue weighted by Gasteiger charge is -2.19. The topological polar surface area (TPSA) is 24.1 Å². The maximum absolute atomic E-state index is 5.87. The molecule has 0 bridgehead atoms. The molecule has 0 aliphatic carbocycles. The molecule has 2 N–H and O–H groups in total. The summed E-state index contributed by atoms with van der Waals surface area (Å²) in [6, 6.07) is 14.1. The van der Waals surface area contributed by atoms with Gasteiger partial charge in [-0.05, 0) is 68.4 Å². The summed E-state index contributed by atoms with van der Waals surface area (Å²) < 4.78 is 0. The van der Waals surface area contributed by atoms with E-state index in [0.29, 0.717) is 10.1 Å². The molecule has 0 amide bonds. The van der Waals surface area contributed by atoms with Crippen molar-refractivity contribution in [1.82, 2.24) is 5.32 Å². The Hall–Kier alpha value is -1.58. The van der Waals surface area contributed by atoms with Crippen LogP contribution < -0.4 is 10.6 Å². The molecule has 4 heteroatoms. The van der Waals surface area contributed by atoms with Crippen LogP contribution >= 0.6 is 23.8 Å². The predicted octanol–water partition coefficient (Wildman–Crippen LogP) is 5.00. The monoisotopic (exact) mass is 318 g/mol. The molecule has 0 heterocycles. The van der Waals surface area contributed by atoms with Crippen LogP contribution in [0.1, 0.15) is 29.7 Å². The summed E-state index contributed by atoms with van der Waals surface area (Å²) in [7, 11) is 0. The van der Waals surface area contributed by atoms with Gasteiger partial charge in [0, 0.05) is 10.7 Å². The first-order valence-electron chi connectivity index (χ1n) is 6.86. The summed E-state index contributed by atoms with van der Waals surface area (Å²) in [6.07, 6.45) is 0. The number of hydrogen-bond donors (Lipinski definition) is 2. The van der Waals surface area contributed by atoms with Gasteiger partial charge in [-0.3, -0.25) is 0 Å². The van der Waals surface area contributed by atoms with Gasteiger partial charge in [-0.15, -0.1) is 0 Å². The number of hydrogen-bond acceptors (Lipinski definition) is 1. The van der Waals surface area contributed by atoms with Crippen molar-refractivity contribution in [3.63, 3.8) is 0 Å². The maximum Gasteiger partial charge on any atom is 0.171 e. The van der Waals surface area contributed by atoms with E-state index in [1.807, 2.05) is 24.3 Å². The maximum atomic E-state index is 5.87. The quantitative estimate of drug-likeness (QED) is 0.778. The lowest BCUT2D eigenvalue weighted by Crippen LogP contribution is -2.31. The molecule has 110 valence electrons. The Bertz CT molecular complexity index is 638. The van der Waals surface area contributed by atoms with Crippen molar-refractivity contribution in [3.05, 3.63) is 64.2 Å². The number of rotatable bonds is 3. The zero-order chi connectivity index (χ0) is 15.4. The summed E-state index contributed by atoms with van der Waals surface area (Å²) in [4.78, 5) is 0. The molecule has 0 spiro atoms. The number of aryl methyl sites for hydroxylation is 2. The van der Waals surface area contributed by atoms with Crippen molar-refractivity contribution < 1.29 is 0 Å². The van der Waals surface area contributed by atoms with E-state index < -0.39 is 0 Å². The molecule has 0 saturated heterocycles. The highest BCUT2D eigenvalue weighted by Crippen LogP contribution is 2.19. The van der Waals surface area contributed by atoms with Crippen LogP contribution in [0.5, 0.6) is 0 Å². The summed E-state index contributed by atoms with van der Waals surface area (Å²) in [6.45, 7) is 6.32. The average molecular weight is 319 g/mol. The van der Waals surface area contributed by atoms with Gasteiger partial charge in [-0.25, -0.2) is 0 Å². The molecule has 0 aliphatic heterocycles. The number of nitrogens with one attached hydrogen (secondary N) is 2. The van der Waals surface area contributed by atoms with Crippen LogP contribution in [0.25, 0.3) is 0 Å². The van der Waals surface area contributed by atoms with E-state index in [1.54, 1.807) is 0 Å². The van der Waals surface area contributed by atoms with E-state index in [0.717, 1.165) is 5.69 Å². The molecule has 2 aromatic rings. The minimum absolute atomic E-state index is 0.150. The minimum Gasteiger partial charge on any atom is -0.356 e. The van der Waals surface area contributed by atoms with Crippen LogP contribution in [0.2, 0.25) is 5.02 Å². The molecule has 1 unspecified atom stereocenters. The molecular weight excluding hydrogens is 300 g/mol. The second kappa shape index (κ2) is 6.92. The largest absolute Gasteiger partial charge is 0.356 e. The Kier molecular flexibility index (Phi) is 5.21. The van der Waals surface area contributed by atoms with Crippen molar-refractivity contribution in [2.45, 2.75) is 26.8 Å². The molecule has 2 aromatic carbocycles. The Balaban J connectivity index is 2.01. The van der Waals surface area contributed by atoms with Crippen LogP contribution in [-0.2, 0) is 0 Å². The predicted molar refractivity (Wildman–Crippen MR) is 95.1 cm³/mol. The molecular formula is C17H19ClN2S. The molecule has 1 atom stereocenters. The Morgan fingerprint density at radius 2 is 1.76 bits per heavy atom. The standard InChI is InChI=1S/C17H19ClN2S/c1-11-4-5-12(2)16(10-11)13(3)19-17(21)20-15-8-6-14(18)7-9-15/h4-10,13H,1-3H3,(H2,19,20,21). The fourth-order valence-electron chi connectivity index (χ4n) is 2.20. The fourth-order valence-corrected chi connectivity index (χ4v) is 2.62. The van der Waals surface area contributed by atoms with Crippen molar-refractivity contribution >= 4 is 34.6 Å². The molecule has 0 radical (unpaired) electrons. The zero-order valence-corrected chi connectivity index (χ0v) is 14.0. The van der Waals surface area contributed by atoms with E-state index in [4.69, 9.17) is 23.8 Å². The highest BCUT2D eigenvalue weighted by molar-refractivity contribution is 7.80. The molecule has 0 aromatic heterocycles. The van der Waals surface area contributed by atoms with Gasteiger partial charge in [0.05, 0.1) is 6.04 Å². The van der Waals surface area contributed by atoms with Crippen LogP contribution in [0, 0.1) is 13.8 Å². The molecule has 21 heavy (non-hydrogen) atoms. The van der Waals surface area contributed by atoms with Crippen molar-refractivity contribution in [2.24, 2.45) is 0 Å². The van der Waals surface area contributed by atoms with E-state index in [2.05, 4.69) is 49.6 Å². The molecule has 0 saturated carbocycles. The van der Waals surface area contributed by atoms with E-state index in [-0.39, 0.29) is 6.04 Å². The van der Waals surface area contributed by atoms with Gasteiger partial charge in [0.15, 0.2) is 5.11 Å². The van der Waals surface area contributed by atoms with Crippen molar-refractivity contribution in [1.29, 1.82) is 0 Å². The van der Waals surface area contributed by atoms with Gasteiger partial charge >= 0.3 is 0 Å². The zero-order valence-electron chi connectivity index (χ0n) is 12.4. The van der Waals surface area contributed by atoms with Gasteiger partial charge in [0.25, 0.3) is 0 Å². The number of halogens is 1. The first kappa shape index (κ1) is 15.8. The fraction of sp³-hybridized carbons (Fsp3) is 0.235. The van der Waals surface area contributed by atoms with Gasteiger partial charge in [0.2, 0.25) is 0 Å². The first-order chi connectivity index (χ1) is 9.95. The minimum atomic E-state index is 0.150. The smallest absolute Gasteiger partial charge is 0.171 e. The Labute approximate surface area is 136 Å². The van der Waals surface area contributed by atoms with E-state index in [9.17, 15) is 0 Å². The molecule has 0 fully saturated rings. The van der Waals surface area contributed by atoms with Crippen LogP contribution in [-0.4, -0.2) is 5.11 Å². The van der Waals surface area contributed by atoms with Gasteiger partial charge in [-0.1, -0.05) is 35.4 Å². The van der Waals surface area contributed by atoms with Crippen LogP contribution in [0.4, 0.5) is 5.69 Å². The molecule has 2 nitrogen and oxygen atoms in total. The number of benzene rings is 2. The lowest BCUT2D eigenvalue weighted by atomic mass is 10.0. The third-order valence-electron chi connectivity index (χ3n) is 3.35. The SMILES string of the molecule is Cc1ccc(C)c(C(C)NC(=S)Nc2ccc(Cl)cc2)c1. The summed E-state index contributed by atoms with van der Waals surface area (Å²) in [5.41, 5.74) is 4.69. The number of thiocarbonyl (C=S) groups is 1. The van der Waals surface area contributed by atoms with Gasteiger partial charge in [0.1, 0.15) is 0 Å². The highest BCUT2D eigenvalue weighted by atomic mass is 35.5. The third kappa shape index (κ3) is 4.45. The summed E-state index contributed by atoms with van der Waals surface area (Å²) in [5.74, 6) is 0. The molecule has 2 rings (SSSR count).